The molecule has 3 rings (SSSR count). The molecule has 1 amide bonds. The molecule has 7 nitrogen and oxygen atoms in total. The van der Waals surface area contributed by atoms with E-state index in [0.717, 1.165) is 29.4 Å². The number of aryl methyl sites for hydroxylation is 2. The Hall–Kier alpha value is -1.57. The van der Waals surface area contributed by atoms with Crippen molar-refractivity contribution in [3.8, 4) is 0 Å². The van der Waals surface area contributed by atoms with Gasteiger partial charge in [-0.05, 0) is 39.2 Å². The summed E-state index contributed by atoms with van der Waals surface area (Å²) in [5.41, 5.74) is 3.05. The van der Waals surface area contributed by atoms with Crippen LogP contribution in [0.5, 0.6) is 0 Å². The van der Waals surface area contributed by atoms with Crippen LogP contribution >= 0.6 is 24.8 Å². The van der Waals surface area contributed by atoms with Gasteiger partial charge in [0.25, 0.3) is 5.56 Å². The van der Waals surface area contributed by atoms with Crippen molar-refractivity contribution in [2.45, 2.75) is 33.2 Å². The van der Waals surface area contributed by atoms with Gasteiger partial charge in [-0.15, -0.1) is 24.8 Å². The third-order valence-electron chi connectivity index (χ3n) is 4.08. The number of fused-ring (bicyclic) bond motifs is 1. The van der Waals surface area contributed by atoms with Gasteiger partial charge in [-0.2, -0.15) is 0 Å². The molecule has 0 aromatic carbocycles. The summed E-state index contributed by atoms with van der Waals surface area (Å²) in [5.74, 6) is 0.731. The van der Waals surface area contributed by atoms with Gasteiger partial charge < -0.3 is 10.6 Å². The van der Waals surface area contributed by atoms with Crippen LogP contribution in [0.15, 0.2) is 10.9 Å². The van der Waals surface area contributed by atoms with Gasteiger partial charge in [-0.1, -0.05) is 0 Å². The maximum Gasteiger partial charge on any atom is 0.266 e. The van der Waals surface area contributed by atoms with E-state index in [1.54, 1.807) is 4.52 Å². The van der Waals surface area contributed by atoms with Crippen molar-refractivity contribution < 1.29 is 4.79 Å². The fourth-order valence-electron chi connectivity index (χ4n) is 2.57. The van der Waals surface area contributed by atoms with E-state index in [9.17, 15) is 9.59 Å². The van der Waals surface area contributed by atoms with Gasteiger partial charge in [0.05, 0.1) is 6.54 Å². The summed E-state index contributed by atoms with van der Waals surface area (Å²) >= 11 is 0. The Morgan fingerprint density at radius 3 is 2.75 bits per heavy atom. The van der Waals surface area contributed by atoms with E-state index < -0.39 is 0 Å². The van der Waals surface area contributed by atoms with Gasteiger partial charge in [-0.3, -0.25) is 14.7 Å². The number of halogens is 2. The van der Waals surface area contributed by atoms with Crippen LogP contribution in [-0.4, -0.2) is 33.6 Å². The third kappa shape index (κ3) is 4.72. The largest absolute Gasteiger partial charge is 0.351 e. The highest BCUT2D eigenvalue weighted by Gasteiger charge is 2.20. The van der Waals surface area contributed by atoms with Gasteiger partial charge in [0.2, 0.25) is 5.91 Å². The first-order valence-corrected chi connectivity index (χ1v) is 7.60. The van der Waals surface area contributed by atoms with E-state index in [2.05, 4.69) is 20.7 Å². The minimum atomic E-state index is -0.180. The lowest BCUT2D eigenvalue weighted by Crippen LogP contribution is -2.34. The topological polar surface area (TPSA) is 91.3 Å². The van der Waals surface area contributed by atoms with Crippen molar-refractivity contribution in [3.63, 3.8) is 0 Å². The van der Waals surface area contributed by atoms with Crippen LogP contribution in [0.3, 0.4) is 0 Å². The van der Waals surface area contributed by atoms with Gasteiger partial charge in [-0.25, -0.2) is 9.50 Å². The van der Waals surface area contributed by atoms with Crippen molar-refractivity contribution in [3.05, 3.63) is 33.4 Å². The standard InChI is InChI=1S/C15H21N5O2.2ClH/c1-9-12(7-17-15(22)8-16-6-11-3-4-11)10(2)20-13(18-9)5-14(21)19-20;;/h5,11,16H,3-4,6-8H2,1-2H3,(H,17,22)(H,19,21);2*1H. The first-order chi connectivity index (χ1) is 10.5. The zero-order valence-electron chi connectivity index (χ0n) is 13.7. The van der Waals surface area contributed by atoms with Crippen LogP contribution in [0.1, 0.15) is 29.8 Å². The molecular weight excluding hydrogens is 353 g/mol. The summed E-state index contributed by atoms with van der Waals surface area (Å²) in [6.07, 6.45) is 2.54. The molecule has 2 aromatic rings. The van der Waals surface area contributed by atoms with E-state index in [1.165, 1.54) is 18.9 Å². The van der Waals surface area contributed by atoms with Gasteiger partial charge in [0.15, 0.2) is 5.65 Å². The highest BCUT2D eigenvalue weighted by molar-refractivity contribution is 5.85. The van der Waals surface area contributed by atoms with Crippen LogP contribution < -0.4 is 16.2 Å². The first kappa shape index (κ1) is 20.5. The molecule has 0 saturated heterocycles. The predicted molar refractivity (Wildman–Crippen MR) is 97.2 cm³/mol. The summed E-state index contributed by atoms with van der Waals surface area (Å²) in [4.78, 5) is 27.7. The van der Waals surface area contributed by atoms with Crippen LogP contribution in [0.4, 0.5) is 0 Å². The van der Waals surface area contributed by atoms with Crippen LogP contribution in [0.25, 0.3) is 5.65 Å². The Bertz CT molecular complexity index is 767. The molecular formula is C15H23Cl2N5O2. The van der Waals surface area contributed by atoms with E-state index in [0.29, 0.717) is 18.7 Å². The molecule has 1 saturated carbocycles. The minimum absolute atomic E-state index is 0. The number of rotatable bonds is 6. The molecule has 2 aromatic heterocycles. The summed E-state index contributed by atoms with van der Waals surface area (Å²) < 4.78 is 1.65. The zero-order chi connectivity index (χ0) is 15.7. The smallest absolute Gasteiger partial charge is 0.266 e. The fraction of sp³-hybridized carbons (Fsp3) is 0.533. The number of carbonyl (C=O) groups excluding carboxylic acids is 1. The quantitative estimate of drug-likeness (QED) is 0.704. The van der Waals surface area contributed by atoms with Crippen molar-refractivity contribution in [2.75, 3.05) is 13.1 Å². The number of H-pyrrole nitrogens is 1. The molecule has 1 aliphatic carbocycles. The molecule has 1 fully saturated rings. The molecule has 0 aliphatic heterocycles. The number of hydrogen-bond acceptors (Lipinski definition) is 4. The zero-order valence-corrected chi connectivity index (χ0v) is 15.4. The summed E-state index contributed by atoms with van der Waals surface area (Å²) in [6.45, 7) is 5.46. The predicted octanol–water partition coefficient (Wildman–Crippen LogP) is 1.10. The second-order valence-electron chi connectivity index (χ2n) is 5.93. The monoisotopic (exact) mass is 375 g/mol. The molecule has 0 unspecified atom stereocenters. The van der Waals surface area contributed by atoms with E-state index in [-0.39, 0.29) is 36.3 Å². The SMILES string of the molecule is Cc1nc2cc(=O)[nH]n2c(C)c1CNC(=O)CNCC1CC1.Cl.Cl. The van der Waals surface area contributed by atoms with Gasteiger partial charge in [0.1, 0.15) is 0 Å². The molecule has 3 N–H and O–H groups in total. The molecule has 0 spiro atoms. The molecule has 0 atom stereocenters. The second kappa shape index (κ2) is 8.50. The van der Waals surface area contributed by atoms with Crippen molar-refractivity contribution in [1.82, 2.24) is 25.2 Å². The first-order valence-electron chi connectivity index (χ1n) is 7.60. The molecule has 134 valence electrons. The maximum atomic E-state index is 11.8. The van der Waals surface area contributed by atoms with E-state index in [4.69, 9.17) is 0 Å². The molecule has 1 aliphatic rings. The van der Waals surface area contributed by atoms with Crippen molar-refractivity contribution in [2.24, 2.45) is 5.92 Å². The number of aromatic amines is 1. The summed E-state index contributed by atoms with van der Waals surface area (Å²) in [7, 11) is 0. The Morgan fingerprint density at radius 2 is 2.08 bits per heavy atom. The highest BCUT2D eigenvalue weighted by atomic mass is 35.5. The Morgan fingerprint density at radius 1 is 1.38 bits per heavy atom. The maximum absolute atomic E-state index is 11.8. The molecule has 0 bridgehead atoms. The lowest BCUT2D eigenvalue weighted by atomic mass is 10.1. The lowest BCUT2D eigenvalue weighted by molar-refractivity contribution is -0.120. The van der Waals surface area contributed by atoms with E-state index >= 15 is 0 Å². The Labute approximate surface area is 152 Å². The summed E-state index contributed by atoms with van der Waals surface area (Å²) in [6, 6.07) is 1.46. The van der Waals surface area contributed by atoms with Gasteiger partial charge in [0, 0.05) is 29.6 Å². The fourth-order valence-corrected chi connectivity index (χ4v) is 2.57. The number of aromatic nitrogens is 3. The average Bonchev–Trinajstić information content (AvgIpc) is 3.20. The Balaban J connectivity index is 0.00000144. The van der Waals surface area contributed by atoms with E-state index in [1.807, 2.05) is 13.8 Å². The van der Waals surface area contributed by atoms with Crippen LogP contribution in [0, 0.1) is 19.8 Å². The number of carbonyl (C=O) groups is 1. The number of hydrogen-bond donors (Lipinski definition) is 3. The molecule has 0 radical (unpaired) electrons. The van der Waals surface area contributed by atoms with Gasteiger partial charge >= 0.3 is 0 Å². The Kier molecular flexibility index (Phi) is 7.26. The van der Waals surface area contributed by atoms with Crippen LogP contribution in [0.2, 0.25) is 0 Å². The molecule has 9 heteroatoms. The lowest BCUT2D eigenvalue weighted by Gasteiger charge is -2.12. The minimum Gasteiger partial charge on any atom is -0.351 e. The normalized spacial score (nSPS) is 13.2. The summed E-state index contributed by atoms with van der Waals surface area (Å²) in [5, 5.41) is 8.77. The third-order valence-corrected chi connectivity index (χ3v) is 4.08. The average molecular weight is 376 g/mol. The number of amides is 1. The molecule has 24 heavy (non-hydrogen) atoms. The van der Waals surface area contributed by atoms with Crippen molar-refractivity contribution in [1.29, 1.82) is 0 Å². The highest BCUT2D eigenvalue weighted by Crippen LogP contribution is 2.27. The number of nitrogens with zero attached hydrogens (tertiary/aromatic N) is 2. The second-order valence-corrected chi connectivity index (χ2v) is 5.93. The number of nitrogens with one attached hydrogen (secondary N) is 3. The van der Waals surface area contributed by atoms with Crippen molar-refractivity contribution >= 4 is 36.4 Å². The molecule has 2 heterocycles. The van der Waals surface area contributed by atoms with Crippen LogP contribution in [-0.2, 0) is 11.3 Å².